The molecule has 1 aliphatic heterocycles. The molecule has 1 rings (SSSR count). The van der Waals surface area contributed by atoms with Crippen molar-refractivity contribution in [2.75, 3.05) is 13.2 Å². The van der Waals surface area contributed by atoms with Crippen LogP contribution in [0.5, 0.6) is 0 Å². The largest absolute Gasteiger partial charge is 0.389 e. The fraction of sp³-hybridized carbons (Fsp3) is 1.00. The molecule has 0 spiro atoms. The van der Waals surface area contributed by atoms with Gasteiger partial charge in [-0.25, -0.2) is 0 Å². The van der Waals surface area contributed by atoms with Crippen molar-refractivity contribution in [2.24, 2.45) is 5.73 Å². The van der Waals surface area contributed by atoms with E-state index in [-0.39, 0.29) is 18.9 Å². The lowest BCUT2D eigenvalue weighted by Crippen LogP contribution is -2.37. The monoisotopic (exact) mass is 189 g/mol. The third kappa shape index (κ3) is 4.04. The van der Waals surface area contributed by atoms with Gasteiger partial charge in [0, 0.05) is 12.6 Å². The zero-order valence-electron chi connectivity index (χ0n) is 8.11. The van der Waals surface area contributed by atoms with Crippen molar-refractivity contribution in [3.8, 4) is 0 Å². The highest BCUT2D eigenvalue weighted by Gasteiger charge is 2.17. The predicted octanol–water partition coefficient (Wildman–Crippen LogP) is 0.238. The SMILES string of the molecule is CC(N)C(O)COC1CCCCO1. The van der Waals surface area contributed by atoms with Gasteiger partial charge in [-0.2, -0.15) is 0 Å². The summed E-state index contributed by atoms with van der Waals surface area (Å²) < 4.78 is 10.7. The molecule has 0 aromatic rings. The van der Waals surface area contributed by atoms with Crippen LogP contribution >= 0.6 is 0 Å². The number of nitrogens with two attached hydrogens (primary N) is 1. The molecule has 0 saturated carbocycles. The number of aliphatic hydroxyl groups is 1. The molecule has 0 bridgehead atoms. The standard InChI is InChI=1S/C9H19NO3/c1-7(10)8(11)6-13-9-4-2-3-5-12-9/h7-9,11H,2-6,10H2,1H3. The van der Waals surface area contributed by atoms with E-state index in [9.17, 15) is 5.11 Å². The van der Waals surface area contributed by atoms with E-state index in [0.717, 1.165) is 25.9 Å². The summed E-state index contributed by atoms with van der Waals surface area (Å²) in [5.41, 5.74) is 5.48. The van der Waals surface area contributed by atoms with Crippen molar-refractivity contribution in [1.82, 2.24) is 0 Å². The van der Waals surface area contributed by atoms with Gasteiger partial charge in [-0.1, -0.05) is 0 Å². The second kappa shape index (κ2) is 5.54. The summed E-state index contributed by atoms with van der Waals surface area (Å²) in [6.45, 7) is 2.79. The summed E-state index contributed by atoms with van der Waals surface area (Å²) in [6, 6.07) is -0.247. The van der Waals surface area contributed by atoms with E-state index in [1.807, 2.05) is 0 Å². The smallest absolute Gasteiger partial charge is 0.157 e. The molecule has 1 fully saturated rings. The summed E-state index contributed by atoms with van der Waals surface area (Å²) in [4.78, 5) is 0. The molecule has 0 amide bonds. The minimum atomic E-state index is -0.592. The number of hydrogen-bond donors (Lipinski definition) is 2. The Bertz CT molecular complexity index is 135. The van der Waals surface area contributed by atoms with Crippen molar-refractivity contribution < 1.29 is 14.6 Å². The Morgan fingerprint density at radius 3 is 2.92 bits per heavy atom. The van der Waals surface area contributed by atoms with Gasteiger partial charge in [0.25, 0.3) is 0 Å². The van der Waals surface area contributed by atoms with Crippen LogP contribution in [0.15, 0.2) is 0 Å². The Hall–Kier alpha value is -0.160. The fourth-order valence-corrected chi connectivity index (χ4v) is 1.20. The lowest BCUT2D eigenvalue weighted by Gasteiger charge is -2.24. The molecule has 0 aromatic heterocycles. The lowest BCUT2D eigenvalue weighted by molar-refractivity contribution is -0.176. The van der Waals surface area contributed by atoms with Gasteiger partial charge in [-0.05, 0) is 26.2 Å². The van der Waals surface area contributed by atoms with Crippen molar-refractivity contribution in [1.29, 1.82) is 0 Å². The third-order valence-corrected chi connectivity index (χ3v) is 2.20. The van der Waals surface area contributed by atoms with Gasteiger partial charge in [0.05, 0.1) is 12.7 Å². The minimum absolute atomic E-state index is 0.137. The average molecular weight is 189 g/mol. The Kier molecular flexibility index (Phi) is 4.66. The van der Waals surface area contributed by atoms with Crippen LogP contribution in [0.1, 0.15) is 26.2 Å². The van der Waals surface area contributed by atoms with Crippen LogP contribution in [0, 0.1) is 0 Å². The number of rotatable bonds is 4. The van der Waals surface area contributed by atoms with Crippen LogP contribution in [0.3, 0.4) is 0 Å². The van der Waals surface area contributed by atoms with Crippen molar-refractivity contribution >= 4 is 0 Å². The first-order valence-corrected chi connectivity index (χ1v) is 4.87. The molecule has 78 valence electrons. The van der Waals surface area contributed by atoms with E-state index in [4.69, 9.17) is 15.2 Å². The minimum Gasteiger partial charge on any atom is -0.389 e. The summed E-state index contributed by atoms with van der Waals surface area (Å²) in [5.74, 6) is 0. The van der Waals surface area contributed by atoms with Crippen LogP contribution < -0.4 is 5.73 Å². The molecule has 1 saturated heterocycles. The molecular formula is C9H19NO3. The first-order valence-electron chi connectivity index (χ1n) is 4.87. The Labute approximate surface area is 79.0 Å². The van der Waals surface area contributed by atoms with Gasteiger partial charge >= 0.3 is 0 Å². The van der Waals surface area contributed by atoms with Crippen LogP contribution in [-0.4, -0.2) is 36.8 Å². The van der Waals surface area contributed by atoms with Gasteiger partial charge in [0.1, 0.15) is 0 Å². The van der Waals surface area contributed by atoms with Gasteiger partial charge in [0.15, 0.2) is 6.29 Å². The highest BCUT2D eigenvalue weighted by Crippen LogP contribution is 2.13. The summed E-state index contributed by atoms with van der Waals surface area (Å²) in [7, 11) is 0. The first kappa shape index (κ1) is 10.9. The Morgan fingerprint density at radius 1 is 1.62 bits per heavy atom. The summed E-state index contributed by atoms with van der Waals surface area (Å²) in [5, 5.41) is 9.35. The van der Waals surface area contributed by atoms with Gasteiger partial charge < -0.3 is 20.3 Å². The van der Waals surface area contributed by atoms with E-state index in [1.165, 1.54) is 0 Å². The fourth-order valence-electron chi connectivity index (χ4n) is 1.20. The quantitative estimate of drug-likeness (QED) is 0.665. The topological polar surface area (TPSA) is 64.7 Å². The molecule has 3 N–H and O–H groups in total. The maximum atomic E-state index is 9.35. The van der Waals surface area contributed by atoms with Crippen molar-refractivity contribution in [2.45, 2.75) is 44.6 Å². The number of ether oxygens (including phenoxy) is 2. The predicted molar refractivity (Wildman–Crippen MR) is 49.2 cm³/mol. The second-order valence-corrected chi connectivity index (χ2v) is 3.56. The average Bonchev–Trinajstić information content (AvgIpc) is 2.15. The Balaban J connectivity index is 2.10. The molecule has 0 aromatic carbocycles. The molecule has 3 atom stereocenters. The molecule has 4 nitrogen and oxygen atoms in total. The zero-order chi connectivity index (χ0) is 9.68. The molecule has 4 heteroatoms. The van der Waals surface area contributed by atoms with E-state index >= 15 is 0 Å². The first-order chi connectivity index (χ1) is 6.20. The number of hydrogen-bond acceptors (Lipinski definition) is 4. The third-order valence-electron chi connectivity index (χ3n) is 2.20. The summed E-state index contributed by atoms with van der Waals surface area (Å²) in [6.07, 6.45) is 2.44. The van der Waals surface area contributed by atoms with Gasteiger partial charge in [-0.15, -0.1) is 0 Å². The molecule has 3 unspecified atom stereocenters. The van der Waals surface area contributed by atoms with Gasteiger partial charge in [-0.3, -0.25) is 0 Å². The second-order valence-electron chi connectivity index (χ2n) is 3.56. The zero-order valence-corrected chi connectivity index (χ0v) is 8.11. The van der Waals surface area contributed by atoms with Gasteiger partial charge in [0.2, 0.25) is 0 Å². The normalized spacial score (nSPS) is 28.4. The van der Waals surface area contributed by atoms with Crippen LogP contribution in [-0.2, 0) is 9.47 Å². The van der Waals surface area contributed by atoms with E-state index in [0.29, 0.717) is 0 Å². The van der Waals surface area contributed by atoms with Crippen molar-refractivity contribution in [3.05, 3.63) is 0 Å². The molecule has 0 radical (unpaired) electrons. The summed E-state index contributed by atoms with van der Waals surface area (Å²) >= 11 is 0. The molecule has 1 heterocycles. The molecular weight excluding hydrogens is 170 g/mol. The maximum Gasteiger partial charge on any atom is 0.157 e. The maximum absolute atomic E-state index is 9.35. The molecule has 0 aliphatic carbocycles. The van der Waals surface area contributed by atoms with Crippen LogP contribution in [0.4, 0.5) is 0 Å². The Morgan fingerprint density at radius 2 is 2.38 bits per heavy atom. The van der Waals surface area contributed by atoms with Crippen molar-refractivity contribution in [3.63, 3.8) is 0 Å². The highest BCUT2D eigenvalue weighted by molar-refractivity contribution is 4.65. The highest BCUT2D eigenvalue weighted by atomic mass is 16.7. The van der Waals surface area contributed by atoms with E-state index in [2.05, 4.69) is 0 Å². The van der Waals surface area contributed by atoms with E-state index < -0.39 is 6.10 Å². The van der Waals surface area contributed by atoms with Crippen LogP contribution in [0.2, 0.25) is 0 Å². The molecule has 13 heavy (non-hydrogen) atoms. The lowest BCUT2D eigenvalue weighted by atomic mass is 10.2. The van der Waals surface area contributed by atoms with E-state index in [1.54, 1.807) is 6.92 Å². The van der Waals surface area contributed by atoms with Crippen LogP contribution in [0.25, 0.3) is 0 Å². The molecule has 1 aliphatic rings. The number of aliphatic hydroxyl groups excluding tert-OH is 1.